The Labute approximate surface area is 161 Å². The quantitative estimate of drug-likeness (QED) is 0.432. The zero-order valence-electron chi connectivity index (χ0n) is 15.8. The molecule has 9 nitrogen and oxygen atoms in total. The molecule has 0 saturated carbocycles. The van der Waals surface area contributed by atoms with Crippen LogP contribution in [0.25, 0.3) is 0 Å². The van der Waals surface area contributed by atoms with Crippen LogP contribution in [0.15, 0.2) is 40.5 Å². The topological polar surface area (TPSA) is 132 Å². The molecule has 3 unspecified atom stereocenters. The Morgan fingerprint density at radius 2 is 2.04 bits per heavy atom. The maximum Gasteiger partial charge on any atom is 0.337 e. The number of carbonyl (C=O) groups is 2. The molecule has 2 rings (SSSR count). The highest BCUT2D eigenvalue weighted by Gasteiger charge is 2.42. The average molecular weight is 385 g/mol. The number of nitrogens with zero attached hydrogens (tertiary/aromatic N) is 3. The third kappa shape index (κ3) is 4.06. The Bertz CT molecular complexity index is 928. The molecule has 0 aromatic heterocycles. The fourth-order valence-electron chi connectivity index (χ4n) is 3.18. The van der Waals surface area contributed by atoms with Crippen LogP contribution in [0.5, 0.6) is 0 Å². The number of nitriles is 1. The molecule has 1 aliphatic rings. The van der Waals surface area contributed by atoms with E-state index >= 15 is 0 Å². The summed E-state index contributed by atoms with van der Waals surface area (Å²) in [5, 5.41) is 20.1. The Kier molecular flexibility index (Phi) is 6.26. The van der Waals surface area contributed by atoms with Crippen molar-refractivity contribution in [3.63, 3.8) is 0 Å². The van der Waals surface area contributed by atoms with Gasteiger partial charge in [0.25, 0.3) is 5.69 Å². The lowest BCUT2D eigenvalue weighted by Gasteiger charge is -2.31. The number of ether oxygens (including phenoxy) is 2. The number of aliphatic imine (C=N–C) groups is 1. The molecule has 0 spiro atoms. The van der Waals surface area contributed by atoms with E-state index < -0.39 is 34.8 Å². The van der Waals surface area contributed by atoms with Crippen LogP contribution in [0, 0.1) is 27.4 Å². The number of non-ortho nitro benzene ring substituents is 1. The summed E-state index contributed by atoms with van der Waals surface area (Å²) in [6.45, 7) is 4.61. The van der Waals surface area contributed by atoms with Gasteiger partial charge in [0.2, 0.25) is 0 Å². The largest absolute Gasteiger partial charge is 0.468 e. The molecule has 1 aliphatic heterocycles. The second-order valence-electron chi connectivity index (χ2n) is 6.26. The van der Waals surface area contributed by atoms with Crippen molar-refractivity contribution in [2.75, 3.05) is 7.11 Å². The third-order valence-corrected chi connectivity index (χ3v) is 4.41. The number of esters is 2. The molecule has 0 N–H and O–H groups in total. The normalized spacial score (nSPS) is 19.9. The number of benzene rings is 1. The minimum absolute atomic E-state index is 0.0589. The van der Waals surface area contributed by atoms with Crippen LogP contribution >= 0.6 is 0 Å². The molecule has 9 heteroatoms. The third-order valence-electron chi connectivity index (χ3n) is 4.41. The maximum absolute atomic E-state index is 12.8. The standard InChI is InChI=1S/C19H19N3O6/c1-10(9-20)28-19(24)16-12(3)21-11(2)15(18(23)27-4)17(16)13-6-5-7-14(8-13)22(25)26/h5-8,10,15,17H,1-4H3. The minimum Gasteiger partial charge on any atom is -0.468 e. The van der Waals surface area contributed by atoms with Crippen LogP contribution in [0.4, 0.5) is 5.69 Å². The first-order valence-electron chi connectivity index (χ1n) is 8.40. The summed E-state index contributed by atoms with van der Waals surface area (Å²) in [7, 11) is 1.21. The first-order chi connectivity index (χ1) is 13.2. The van der Waals surface area contributed by atoms with Gasteiger partial charge < -0.3 is 9.47 Å². The first-order valence-corrected chi connectivity index (χ1v) is 8.40. The number of methoxy groups -OCH3 is 1. The Hall–Kier alpha value is -3.54. The average Bonchev–Trinajstić information content (AvgIpc) is 2.66. The van der Waals surface area contributed by atoms with Gasteiger partial charge in [-0.25, -0.2) is 4.79 Å². The SMILES string of the molecule is COC(=O)C1C(C)=NC(C)=C(C(=O)OC(C)C#N)C1c1cccc([N+](=O)[O-])c1. The van der Waals surface area contributed by atoms with Crippen LogP contribution in [0.3, 0.4) is 0 Å². The summed E-state index contributed by atoms with van der Waals surface area (Å²) < 4.78 is 10.00. The van der Waals surface area contributed by atoms with E-state index in [0.717, 1.165) is 0 Å². The molecule has 0 radical (unpaired) electrons. The summed E-state index contributed by atoms with van der Waals surface area (Å²) in [6.07, 6.45) is -1.01. The predicted molar refractivity (Wildman–Crippen MR) is 98.3 cm³/mol. The molecule has 0 amide bonds. The molecule has 1 heterocycles. The number of nitro benzene ring substituents is 1. The van der Waals surface area contributed by atoms with Crippen molar-refractivity contribution in [2.45, 2.75) is 32.8 Å². The van der Waals surface area contributed by atoms with Crippen LogP contribution in [-0.4, -0.2) is 35.8 Å². The van der Waals surface area contributed by atoms with Gasteiger partial charge in [0.15, 0.2) is 6.10 Å². The molecule has 0 saturated heterocycles. The van der Waals surface area contributed by atoms with Crippen molar-refractivity contribution in [3.8, 4) is 6.07 Å². The van der Waals surface area contributed by atoms with Gasteiger partial charge in [0, 0.05) is 29.5 Å². The number of nitro groups is 1. The molecule has 1 aromatic carbocycles. The van der Waals surface area contributed by atoms with Crippen LogP contribution in [0.2, 0.25) is 0 Å². The lowest BCUT2D eigenvalue weighted by atomic mass is 9.75. The Balaban J connectivity index is 2.67. The monoisotopic (exact) mass is 385 g/mol. The van der Waals surface area contributed by atoms with Gasteiger partial charge in [-0.1, -0.05) is 12.1 Å². The van der Waals surface area contributed by atoms with Crippen LogP contribution in [0.1, 0.15) is 32.3 Å². The zero-order valence-corrected chi connectivity index (χ0v) is 15.8. The highest BCUT2D eigenvalue weighted by Crippen LogP contribution is 2.41. The first kappa shape index (κ1) is 20.8. The number of carbonyl (C=O) groups excluding carboxylic acids is 2. The van der Waals surface area contributed by atoms with Gasteiger partial charge in [-0.3, -0.25) is 19.9 Å². The van der Waals surface area contributed by atoms with Gasteiger partial charge in [0.1, 0.15) is 12.0 Å². The molecule has 0 bridgehead atoms. The van der Waals surface area contributed by atoms with E-state index in [1.54, 1.807) is 26.0 Å². The molecule has 0 fully saturated rings. The van der Waals surface area contributed by atoms with E-state index in [4.69, 9.17) is 14.7 Å². The van der Waals surface area contributed by atoms with Gasteiger partial charge in [0.05, 0.1) is 17.6 Å². The van der Waals surface area contributed by atoms with E-state index in [9.17, 15) is 19.7 Å². The minimum atomic E-state index is -1.01. The summed E-state index contributed by atoms with van der Waals surface area (Å²) in [6, 6.07) is 7.47. The zero-order chi connectivity index (χ0) is 21.0. The fraction of sp³-hybridized carbons (Fsp3) is 0.368. The van der Waals surface area contributed by atoms with E-state index in [-0.39, 0.29) is 11.3 Å². The van der Waals surface area contributed by atoms with Crippen molar-refractivity contribution < 1.29 is 24.0 Å². The summed E-state index contributed by atoms with van der Waals surface area (Å²) >= 11 is 0. The van der Waals surface area contributed by atoms with Gasteiger partial charge in [-0.05, 0) is 26.3 Å². The maximum atomic E-state index is 12.8. The Morgan fingerprint density at radius 3 is 2.61 bits per heavy atom. The number of hydrogen-bond acceptors (Lipinski definition) is 8. The molecule has 146 valence electrons. The molecule has 0 aliphatic carbocycles. The predicted octanol–water partition coefficient (Wildman–Crippen LogP) is 2.67. The number of allylic oxidation sites excluding steroid dienone is 1. The second-order valence-corrected chi connectivity index (χ2v) is 6.26. The lowest BCUT2D eigenvalue weighted by molar-refractivity contribution is -0.384. The highest BCUT2D eigenvalue weighted by molar-refractivity contribution is 6.07. The summed E-state index contributed by atoms with van der Waals surface area (Å²) in [5.41, 5.74) is 0.963. The van der Waals surface area contributed by atoms with Gasteiger partial charge >= 0.3 is 11.9 Å². The Morgan fingerprint density at radius 1 is 1.36 bits per heavy atom. The van der Waals surface area contributed by atoms with Crippen molar-refractivity contribution in [3.05, 3.63) is 51.2 Å². The van der Waals surface area contributed by atoms with E-state index in [1.165, 1.54) is 32.2 Å². The number of hydrogen-bond donors (Lipinski definition) is 0. The molecular weight excluding hydrogens is 366 g/mol. The van der Waals surface area contributed by atoms with Crippen molar-refractivity contribution in [1.29, 1.82) is 5.26 Å². The molecule has 1 aromatic rings. The van der Waals surface area contributed by atoms with Crippen molar-refractivity contribution in [1.82, 2.24) is 0 Å². The van der Waals surface area contributed by atoms with Crippen molar-refractivity contribution in [2.24, 2.45) is 10.9 Å². The van der Waals surface area contributed by atoms with Crippen LogP contribution in [-0.2, 0) is 19.1 Å². The van der Waals surface area contributed by atoms with E-state index in [1.807, 2.05) is 0 Å². The van der Waals surface area contributed by atoms with E-state index in [2.05, 4.69) is 4.99 Å². The van der Waals surface area contributed by atoms with Gasteiger partial charge in [-0.2, -0.15) is 5.26 Å². The molecule has 28 heavy (non-hydrogen) atoms. The summed E-state index contributed by atoms with van der Waals surface area (Å²) in [5.74, 6) is -3.31. The highest BCUT2D eigenvalue weighted by atomic mass is 16.6. The lowest BCUT2D eigenvalue weighted by Crippen LogP contribution is -2.36. The summed E-state index contributed by atoms with van der Waals surface area (Å²) in [4.78, 5) is 40.1. The van der Waals surface area contributed by atoms with Crippen molar-refractivity contribution >= 4 is 23.3 Å². The molecule has 3 atom stereocenters. The van der Waals surface area contributed by atoms with Crippen LogP contribution < -0.4 is 0 Å². The second kappa shape index (κ2) is 8.43. The number of rotatable bonds is 5. The molecular formula is C19H19N3O6. The smallest absolute Gasteiger partial charge is 0.337 e. The fourth-order valence-corrected chi connectivity index (χ4v) is 3.18. The van der Waals surface area contributed by atoms with E-state index in [0.29, 0.717) is 17.0 Å². The van der Waals surface area contributed by atoms with Gasteiger partial charge in [-0.15, -0.1) is 0 Å².